The van der Waals surface area contributed by atoms with Gasteiger partial charge in [-0.3, -0.25) is 10.1 Å². The van der Waals surface area contributed by atoms with Crippen molar-refractivity contribution < 1.29 is 19.2 Å². The van der Waals surface area contributed by atoms with Crippen molar-refractivity contribution in [3.8, 4) is 5.75 Å². The first-order valence-corrected chi connectivity index (χ1v) is 7.39. The van der Waals surface area contributed by atoms with Crippen LogP contribution in [0.1, 0.15) is 18.1 Å². The van der Waals surface area contributed by atoms with Gasteiger partial charge in [-0.1, -0.05) is 24.3 Å². The van der Waals surface area contributed by atoms with Crippen LogP contribution in [0.3, 0.4) is 0 Å². The fraction of sp³-hybridized carbons (Fsp3) is 0.167. The van der Waals surface area contributed by atoms with E-state index in [2.05, 4.69) is 0 Å². The highest BCUT2D eigenvalue weighted by Gasteiger charge is 2.03. The number of carbonyl (C=O) groups excluding carboxylic acids is 1. The van der Waals surface area contributed by atoms with Gasteiger partial charge in [-0.15, -0.1) is 0 Å². The Morgan fingerprint density at radius 1 is 1.04 bits per heavy atom. The Balaban J connectivity index is 1.93. The molecule has 2 rings (SSSR count). The van der Waals surface area contributed by atoms with E-state index < -0.39 is 10.9 Å². The van der Waals surface area contributed by atoms with Gasteiger partial charge in [-0.2, -0.15) is 0 Å². The van der Waals surface area contributed by atoms with Gasteiger partial charge >= 0.3 is 5.97 Å². The SMILES string of the molecule is CCOC(=O)COc1ccc(C=Cc2ccc([N+](=O)[O-])cc2)cc1. The summed E-state index contributed by atoms with van der Waals surface area (Å²) in [5.74, 6) is 0.176. The molecule has 0 saturated heterocycles. The van der Waals surface area contributed by atoms with Crippen LogP contribution in [-0.2, 0) is 9.53 Å². The third-order valence-corrected chi connectivity index (χ3v) is 3.11. The molecule has 0 spiro atoms. The lowest BCUT2D eigenvalue weighted by molar-refractivity contribution is -0.384. The maximum Gasteiger partial charge on any atom is 0.344 e. The topological polar surface area (TPSA) is 78.7 Å². The van der Waals surface area contributed by atoms with Gasteiger partial charge in [-0.05, 0) is 42.3 Å². The van der Waals surface area contributed by atoms with Gasteiger partial charge in [0.05, 0.1) is 11.5 Å². The highest BCUT2D eigenvalue weighted by molar-refractivity contribution is 5.71. The van der Waals surface area contributed by atoms with Gasteiger partial charge in [0.1, 0.15) is 5.75 Å². The standard InChI is InChI=1S/C18H17NO5/c1-2-23-18(20)13-24-17-11-7-15(8-12-17)4-3-14-5-9-16(10-6-14)19(21)22/h3-12H,2,13H2,1H3. The van der Waals surface area contributed by atoms with Gasteiger partial charge in [0.15, 0.2) is 6.61 Å². The van der Waals surface area contributed by atoms with Crippen LogP contribution in [-0.4, -0.2) is 24.1 Å². The number of nitro benzene ring substituents is 1. The first-order chi connectivity index (χ1) is 11.6. The summed E-state index contributed by atoms with van der Waals surface area (Å²) in [4.78, 5) is 21.4. The monoisotopic (exact) mass is 327 g/mol. The molecule has 0 unspecified atom stereocenters. The van der Waals surface area contributed by atoms with Crippen LogP contribution < -0.4 is 4.74 Å². The van der Waals surface area contributed by atoms with E-state index in [1.54, 1.807) is 31.2 Å². The molecule has 24 heavy (non-hydrogen) atoms. The molecule has 0 aromatic heterocycles. The number of rotatable bonds is 7. The first-order valence-electron chi connectivity index (χ1n) is 7.39. The number of nitrogens with zero attached hydrogens (tertiary/aromatic N) is 1. The number of nitro groups is 1. The van der Waals surface area contributed by atoms with Crippen molar-refractivity contribution in [2.45, 2.75) is 6.92 Å². The second-order valence-electron chi connectivity index (χ2n) is 4.84. The van der Waals surface area contributed by atoms with Crippen molar-refractivity contribution in [2.24, 2.45) is 0 Å². The number of esters is 1. The smallest absolute Gasteiger partial charge is 0.344 e. The molecule has 6 heteroatoms. The summed E-state index contributed by atoms with van der Waals surface area (Å²) in [7, 11) is 0. The van der Waals surface area contributed by atoms with Crippen LogP contribution in [0.2, 0.25) is 0 Å². The maximum absolute atomic E-state index is 11.2. The summed E-state index contributed by atoms with van der Waals surface area (Å²) >= 11 is 0. The van der Waals surface area contributed by atoms with Crippen molar-refractivity contribution in [3.63, 3.8) is 0 Å². The number of benzene rings is 2. The van der Waals surface area contributed by atoms with E-state index in [0.717, 1.165) is 11.1 Å². The average molecular weight is 327 g/mol. The Morgan fingerprint density at radius 2 is 1.58 bits per heavy atom. The van der Waals surface area contributed by atoms with Gasteiger partial charge < -0.3 is 9.47 Å². The van der Waals surface area contributed by atoms with Crippen molar-refractivity contribution in [2.75, 3.05) is 13.2 Å². The Hall–Kier alpha value is -3.15. The molecule has 2 aromatic carbocycles. The van der Waals surface area contributed by atoms with Crippen molar-refractivity contribution >= 4 is 23.8 Å². The van der Waals surface area contributed by atoms with E-state index in [9.17, 15) is 14.9 Å². The molecule has 0 amide bonds. The Kier molecular flexibility index (Phi) is 6.08. The molecule has 0 atom stereocenters. The second kappa shape index (κ2) is 8.47. The molecular formula is C18H17NO5. The van der Waals surface area contributed by atoms with E-state index in [-0.39, 0.29) is 12.3 Å². The lowest BCUT2D eigenvalue weighted by atomic mass is 10.1. The van der Waals surface area contributed by atoms with Crippen molar-refractivity contribution in [1.82, 2.24) is 0 Å². The number of carbonyl (C=O) groups is 1. The van der Waals surface area contributed by atoms with Crippen LogP contribution in [0, 0.1) is 10.1 Å². The van der Waals surface area contributed by atoms with Gasteiger partial charge in [0, 0.05) is 12.1 Å². The highest BCUT2D eigenvalue weighted by Crippen LogP contribution is 2.16. The molecule has 0 aliphatic rings. The third kappa shape index (κ3) is 5.24. The van der Waals surface area contributed by atoms with Gasteiger partial charge in [0.2, 0.25) is 0 Å². The van der Waals surface area contributed by atoms with Crippen LogP contribution in [0.5, 0.6) is 5.75 Å². The normalized spacial score (nSPS) is 10.5. The van der Waals surface area contributed by atoms with Gasteiger partial charge in [-0.25, -0.2) is 4.79 Å². The predicted octanol–water partition coefficient (Wildman–Crippen LogP) is 3.71. The Morgan fingerprint density at radius 3 is 2.08 bits per heavy atom. The molecule has 0 aliphatic heterocycles. The molecule has 0 radical (unpaired) electrons. The zero-order chi connectivity index (χ0) is 17.4. The van der Waals surface area contributed by atoms with Crippen LogP contribution in [0.25, 0.3) is 12.2 Å². The van der Waals surface area contributed by atoms with Crippen LogP contribution in [0.15, 0.2) is 48.5 Å². The fourth-order valence-corrected chi connectivity index (χ4v) is 1.92. The minimum atomic E-state index is -0.428. The molecule has 0 bridgehead atoms. The third-order valence-electron chi connectivity index (χ3n) is 3.11. The molecule has 6 nitrogen and oxygen atoms in total. The summed E-state index contributed by atoms with van der Waals surface area (Å²) in [5.41, 5.74) is 1.87. The predicted molar refractivity (Wildman–Crippen MR) is 90.6 cm³/mol. The van der Waals surface area contributed by atoms with Crippen molar-refractivity contribution in [3.05, 3.63) is 69.8 Å². The largest absolute Gasteiger partial charge is 0.482 e. The minimum Gasteiger partial charge on any atom is -0.482 e. The Labute approximate surface area is 139 Å². The molecule has 0 heterocycles. The van der Waals surface area contributed by atoms with Crippen molar-refractivity contribution in [1.29, 1.82) is 0 Å². The summed E-state index contributed by atoms with van der Waals surface area (Å²) in [5, 5.41) is 10.6. The molecular weight excluding hydrogens is 310 g/mol. The Bertz CT molecular complexity index is 720. The number of non-ortho nitro benzene ring substituents is 1. The van der Waals surface area contributed by atoms with E-state index in [1.807, 2.05) is 24.3 Å². The van der Waals surface area contributed by atoms with E-state index in [0.29, 0.717) is 12.4 Å². The van der Waals surface area contributed by atoms with E-state index in [1.165, 1.54) is 12.1 Å². The fourth-order valence-electron chi connectivity index (χ4n) is 1.92. The molecule has 0 aliphatic carbocycles. The van der Waals surface area contributed by atoms with Gasteiger partial charge in [0.25, 0.3) is 5.69 Å². The maximum atomic E-state index is 11.2. The molecule has 0 saturated carbocycles. The molecule has 2 aromatic rings. The highest BCUT2D eigenvalue weighted by atomic mass is 16.6. The summed E-state index contributed by atoms with van der Waals surface area (Å²) < 4.78 is 10.1. The zero-order valence-electron chi connectivity index (χ0n) is 13.2. The minimum absolute atomic E-state index is 0.0650. The quantitative estimate of drug-likeness (QED) is 0.335. The molecule has 124 valence electrons. The number of hydrogen-bond acceptors (Lipinski definition) is 5. The first kappa shape index (κ1) is 17.2. The molecule has 0 fully saturated rings. The number of ether oxygens (including phenoxy) is 2. The summed E-state index contributed by atoms with van der Waals surface area (Å²) in [6, 6.07) is 13.5. The summed E-state index contributed by atoms with van der Waals surface area (Å²) in [6.07, 6.45) is 3.74. The van der Waals surface area contributed by atoms with E-state index in [4.69, 9.17) is 9.47 Å². The number of hydrogen-bond donors (Lipinski definition) is 0. The zero-order valence-corrected chi connectivity index (χ0v) is 13.2. The lowest BCUT2D eigenvalue weighted by Crippen LogP contribution is -2.14. The lowest BCUT2D eigenvalue weighted by Gasteiger charge is -2.05. The second-order valence-corrected chi connectivity index (χ2v) is 4.84. The summed E-state index contributed by atoms with van der Waals surface area (Å²) in [6.45, 7) is 1.95. The van der Waals surface area contributed by atoms with Crippen LogP contribution >= 0.6 is 0 Å². The average Bonchev–Trinajstić information content (AvgIpc) is 2.59. The van der Waals surface area contributed by atoms with Crippen LogP contribution in [0.4, 0.5) is 5.69 Å². The van der Waals surface area contributed by atoms with E-state index >= 15 is 0 Å². The molecule has 0 N–H and O–H groups in total.